The number of esters is 1. The molecule has 1 N–H and O–H groups in total. The molecule has 1 aliphatic heterocycles. The van der Waals surface area contributed by atoms with Crippen LogP contribution in [-0.2, 0) is 9.53 Å². The van der Waals surface area contributed by atoms with E-state index in [0.717, 1.165) is 18.5 Å². The highest BCUT2D eigenvalue weighted by atomic mass is 16.6. The first kappa shape index (κ1) is 12.1. The average molecular weight is 213 g/mol. The van der Waals surface area contributed by atoms with Gasteiger partial charge in [-0.25, -0.2) is 4.79 Å². The van der Waals surface area contributed by atoms with E-state index in [0.29, 0.717) is 0 Å². The monoisotopic (exact) mass is 213 g/mol. The second kappa shape index (κ2) is 3.87. The Labute approximate surface area is 93.4 Å². The summed E-state index contributed by atoms with van der Waals surface area (Å²) in [4.78, 5) is 11.5. The summed E-state index contributed by atoms with van der Waals surface area (Å²) in [6.45, 7) is 9.87. The van der Waals surface area contributed by atoms with Crippen LogP contribution in [0.4, 0.5) is 0 Å². The molecule has 15 heavy (non-hydrogen) atoms. The third kappa shape index (κ3) is 4.36. The van der Waals surface area contributed by atoms with E-state index in [2.05, 4.69) is 19.2 Å². The number of rotatable bonds is 1. The van der Waals surface area contributed by atoms with Gasteiger partial charge < -0.3 is 10.1 Å². The fraction of sp³-hybridized carbons (Fsp3) is 0.750. The molecular weight excluding hydrogens is 190 g/mol. The molecular formula is C12H23NO2. The summed E-state index contributed by atoms with van der Waals surface area (Å²) >= 11 is 0. The summed E-state index contributed by atoms with van der Waals surface area (Å²) < 4.78 is 5.21. The van der Waals surface area contributed by atoms with Gasteiger partial charge in [0.05, 0.1) is 0 Å². The van der Waals surface area contributed by atoms with Gasteiger partial charge in [0.25, 0.3) is 0 Å². The van der Waals surface area contributed by atoms with Crippen molar-refractivity contribution in [3.63, 3.8) is 0 Å². The molecule has 0 spiro atoms. The zero-order valence-electron chi connectivity index (χ0n) is 10.3. The number of ether oxygens (including phenoxy) is 1. The molecule has 0 aromatic heterocycles. The van der Waals surface area contributed by atoms with Crippen molar-refractivity contribution in [3.8, 4) is 0 Å². The highest BCUT2D eigenvalue weighted by molar-refractivity contribution is 5.83. The highest BCUT2D eigenvalue weighted by Crippen LogP contribution is 2.24. The van der Waals surface area contributed by atoms with Crippen LogP contribution in [-0.4, -0.2) is 17.1 Å². The van der Waals surface area contributed by atoms with Crippen molar-refractivity contribution < 1.29 is 11.0 Å². The van der Waals surface area contributed by atoms with Crippen LogP contribution in [0, 0.1) is 0 Å². The van der Waals surface area contributed by atoms with Gasteiger partial charge in [-0.05, 0) is 47.5 Å². The van der Waals surface area contributed by atoms with Crippen LogP contribution in [0.3, 0.4) is 0 Å². The Morgan fingerprint density at radius 2 is 2.13 bits per heavy atom. The number of allylic oxidation sites excluding steroid dienone is 1. The van der Waals surface area contributed by atoms with E-state index < -0.39 is 5.60 Å². The summed E-state index contributed by atoms with van der Waals surface area (Å²) in [5.74, 6) is -0.261. The molecule has 1 aliphatic rings. The predicted octanol–water partition coefficient (Wildman–Crippen LogP) is 2.62. The average Bonchev–Trinajstić information content (AvgIpc) is 2.25. The lowest BCUT2D eigenvalue weighted by Crippen LogP contribution is -2.31. The molecule has 0 aliphatic carbocycles. The zero-order chi connectivity index (χ0) is 11.7. The molecule has 0 unspecified atom stereocenters. The molecule has 0 atom stereocenters. The van der Waals surface area contributed by atoms with Crippen LogP contribution in [0.25, 0.3) is 0 Å². The lowest BCUT2D eigenvalue weighted by Gasteiger charge is -2.19. The Hall–Kier alpha value is -0.990. The Kier molecular flexibility index (Phi) is 3.12. The van der Waals surface area contributed by atoms with Crippen molar-refractivity contribution >= 4 is 5.97 Å². The Balaban J connectivity index is 0.00000225. The maximum atomic E-state index is 11.5. The van der Waals surface area contributed by atoms with Crippen molar-refractivity contribution in [2.24, 2.45) is 0 Å². The van der Waals surface area contributed by atoms with Crippen molar-refractivity contribution in [1.82, 2.24) is 5.32 Å². The van der Waals surface area contributed by atoms with Crippen LogP contribution in [0.15, 0.2) is 11.8 Å². The molecule has 1 heterocycles. The fourth-order valence-electron chi connectivity index (χ4n) is 1.59. The SMILES string of the molecule is CC1(C)CC/C(=C\C(=O)OC(C)(C)C)N1.[HH]. The number of carbonyl (C=O) groups is 1. The van der Waals surface area contributed by atoms with Gasteiger partial charge in [0, 0.05) is 18.7 Å². The summed E-state index contributed by atoms with van der Waals surface area (Å²) in [6, 6.07) is 0. The standard InChI is InChI=1S/C12H21NO2.H2/c1-11(2,3)15-10(14)8-9-6-7-12(4,5)13-9;/h8,13H,6-7H2,1-5H3;1H/b9-8+;. The van der Waals surface area contributed by atoms with Crippen molar-refractivity contribution in [1.29, 1.82) is 0 Å². The summed E-state index contributed by atoms with van der Waals surface area (Å²) in [7, 11) is 0. The minimum absolute atomic E-state index is 0. The largest absolute Gasteiger partial charge is 0.457 e. The van der Waals surface area contributed by atoms with E-state index in [1.807, 2.05) is 20.8 Å². The molecule has 0 bridgehead atoms. The molecule has 3 nitrogen and oxygen atoms in total. The van der Waals surface area contributed by atoms with Crippen LogP contribution >= 0.6 is 0 Å². The first-order valence-corrected chi connectivity index (χ1v) is 5.40. The smallest absolute Gasteiger partial charge is 0.333 e. The lowest BCUT2D eigenvalue weighted by molar-refractivity contribution is -0.148. The summed E-state index contributed by atoms with van der Waals surface area (Å²) in [5.41, 5.74) is 0.671. The van der Waals surface area contributed by atoms with Crippen LogP contribution in [0.1, 0.15) is 48.9 Å². The topological polar surface area (TPSA) is 38.3 Å². The number of nitrogens with one attached hydrogen (secondary N) is 1. The second-order valence-electron chi connectivity index (χ2n) is 5.71. The molecule has 0 radical (unpaired) electrons. The number of carbonyl (C=O) groups excluding carboxylic acids is 1. The van der Waals surface area contributed by atoms with Crippen molar-refractivity contribution in [2.45, 2.75) is 58.6 Å². The van der Waals surface area contributed by atoms with Crippen LogP contribution in [0.5, 0.6) is 0 Å². The molecule has 1 saturated heterocycles. The molecule has 3 heteroatoms. The van der Waals surface area contributed by atoms with E-state index in [1.165, 1.54) is 0 Å². The minimum Gasteiger partial charge on any atom is -0.457 e. The first-order valence-electron chi connectivity index (χ1n) is 5.40. The van der Waals surface area contributed by atoms with Gasteiger partial charge in [-0.15, -0.1) is 0 Å². The second-order valence-corrected chi connectivity index (χ2v) is 5.71. The molecule has 1 fully saturated rings. The van der Waals surface area contributed by atoms with Crippen LogP contribution < -0.4 is 5.32 Å². The third-order valence-corrected chi connectivity index (χ3v) is 2.22. The maximum absolute atomic E-state index is 11.5. The zero-order valence-corrected chi connectivity index (χ0v) is 10.3. The summed E-state index contributed by atoms with van der Waals surface area (Å²) in [5, 5.41) is 3.31. The van der Waals surface area contributed by atoms with Gasteiger partial charge in [0.15, 0.2) is 0 Å². The third-order valence-electron chi connectivity index (χ3n) is 2.22. The molecule has 1 rings (SSSR count). The Morgan fingerprint density at radius 3 is 2.53 bits per heavy atom. The van der Waals surface area contributed by atoms with E-state index in [4.69, 9.17) is 4.74 Å². The van der Waals surface area contributed by atoms with E-state index >= 15 is 0 Å². The van der Waals surface area contributed by atoms with Gasteiger partial charge in [-0.3, -0.25) is 0 Å². The fourth-order valence-corrected chi connectivity index (χ4v) is 1.59. The van der Waals surface area contributed by atoms with Gasteiger partial charge >= 0.3 is 5.97 Å². The maximum Gasteiger partial charge on any atom is 0.333 e. The van der Waals surface area contributed by atoms with E-state index in [1.54, 1.807) is 6.08 Å². The molecule has 0 aromatic carbocycles. The highest BCUT2D eigenvalue weighted by Gasteiger charge is 2.26. The molecule has 88 valence electrons. The predicted molar refractivity (Wildman–Crippen MR) is 62.5 cm³/mol. The lowest BCUT2D eigenvalue weighted by atomic mass is 10.0. The molecule has 0 amide bonds. The molecule has 0 aromatic rings. The van der Waals surface area contributed by atoms with E-state index in [9.17, 15) is 4.79 Å². The van der Waals surface area contributed by atoms with Gasteiger partial charge in [-0.1, -0.05) is 0 Å². The van der Waals surface area contributed by atoms with Crippen molar-refractivity contribution in [3.05, 3.63) is 11.8 Å². The minimum atomic E-state index is -0.414. The number of hydrogen-bond donors (Lipinski definition) is 1. The van der Waals surface area contributed by atoms with Gasteiger partial charge in [-0.2, -0.15) is 0 Å². The van der Waals surface area contributed by atoms with Gasteiger partial charge in [0.1, 0.15) is 5.60 Å². The Bertz CT molecular complexity index is 290. The normalized spacial score (nSPS) is 22.6. The van der Waals surface area contributed by atoms with E-state index in [-0.39, 0.29) is 12.9 Å². The number of hydrogen-bond acceptors (Lipinski definition) is 3. The first-order chi connectivity index (χ1) is 6.68. The van der Waals surface area contributed by atoms with Crippen LogP contribution in [0.2, 0.25) is 0 Å². The van der Waals surface area contributed by atoms with Gasteiger partial charge in [0.2, 0.25) is 0 Å². The quantitative estimate of drug-likeness (QED) is 0.537. The summed E-state index contributed by atoms with van der Waals surface area (Å²) in [6.07, 6.45) is 3.55. The molecule has 0 saturated carbocycles. The Morgan fingerprint density at radius 1 is 1.53 bits per heavy atom. The van der Waals surface area contributed by atoms with Crippen molar-refractivity contribution in [2.75, 3.05) is 0 Å².